The van der Waals surface area contributed by atoms with Gasteiger partial charge in [0, 0.05) is 17.6 Å². The zero-order valence-electron chi connectivity index (χ0n) is 18.9. The minimum absolute atomic E-state index is 0.00589. The molecule has 0 bridgehead atoms. The summed E-state index contributed by atoms with van der Waals surface area (Å²) in [5, 5.41) is 20.6. The highest BCUT2D eigenvalue weighted by molar-refractivity contribution is 6.25. The Morgan fingerprint density at radius 2 is 1.64 bits per heavy atom. The van der Waals surface area contributed by atoms with Crippen LogP contribution in [-0.2, 0) is 25.3 Å². The fourth-order valence-corrected chi connectivity index (χ4v) is 4.96. The lowest BCUT2D eigenvalue weighted by Crippen LogP contribution is -2.44. The van der Waals surface area contributed by atoms with E-state index in [1.807, 2.05) is 12.1 Å². The van der Waals surface area contributed by atoms with E-state index in [1.54, 1.807) is 37.3 Å². The van der Waals surface area contributed by atoms with Gasteiger partial charge >= 0.3 is 12.1 Å². The average molecular weight is 493 g/mol. The smallest absolute Gasteiger partial charge is 0.416 e. The second kappa shape index (κ2) is 8.65. The summed E-state index contributed by atoms with van der Waals surface area (Å²) in [5.41, 5.74) is -5.04. The van der Waals surface area contributed by atoms with Crippen LogP contribution in [0.5, 0.6) is 0 Å². The molecule has 7 nitrogen and oxygen atoms in total. The van der Waals surface area contributed by atoms with Gasteiger partial charge in [0.25, 0.3) is 0 Å². The normalized spacial score (nSPS) is 21.0. The van der Waals surface area contributed by atoms with Gasteiger partial charge in [0.1, 0.15) is 0 Å². The van der Waals surface area contributed by atoms with Crippen molar-refractivity contribution in [3.05, 3.63) is 71.3 Å². The third kappa shape index (κ3) is 3.45. The molecule has 1 fully saturated rings. The maximum atomic E-state index is 13.9. The largest absolute Gasteiger partial charge is 0.463 e. The first kappa shape index (κ1) is 24.7. The van der Waals surface area contributed by atoms with Crippen molar-refractivity contribution in [2.45, 2.75) is 25.9 Å². The van der Waals surface area contributed by atoms with E-state index in [-0.39, 0.29) is 23.4 Å². The number of anilines is 1. The molecular weight excluding hydrogens is 475 g/mol. The van der Waals surface area contributed by atoms with Crippen molar-refractivity contribution >= 4 is 29.0 Å². The van der Waals surface area contributed by atoms with Gasteiger partial charge in [-0.1, -0.05) is 30.3 Å². The number of esters is 1. The lowest BCUT2D eigenvalue weighted by atomic mass is 9.62. The van der Waals surface area contributed by atoms with Gasteiger partial charge in [-0.25, -0.2) is 9.69 Å². The number of rotatable bonds is 4. The zero-order valence-corrected chi connectivity index (χ0v) is 18.9. The van der Waals surface area contributed by atoms with Crippen LogP contribution in [-0.4, -0.2) is 24.4 Å². The highest BCUT2D eigenvalue weighted by Gasteiger charge is 2.71. The number of ether oxygens (including phenoxy) is 1. The van der Waals surface area contributed by atoms with Gasteiger partial charge in [0.15, 0.2) is 5.41 Å². The fourth-order valence-electron chi connectivity index (χ4n) is 4.96. The summed E-state index contributed by atoms with van der Waals surface area (Å²) in [5.74, 6) is -2.56. The summed E-state index contributed by atoms with van der Waals surface area (Å²) < 4.78 is 44.2. The topological polar surface area (TPSA) is 111 Å². The molecule has 1 unspecified atom stereocenters. The van der Waals surface area contributed by atoms with Gasteiger partial charge in [-0.3, -0.25) is 9.59 Å². The number of allylic oxidation sites excluding steroid dienone is 1. The minimum atomic E-state index is -4.62. The molecule has 4 rings (SSSR count). The molecule has 36 heavy (non-hydrogen) atoms. The van der Waals surface area contributed by atoms with Crippen LogP contribution in [0.4, 0.5) is 18.9 Å². The van der Waals surface area contributed by atoms with Gasteiger partial charge in [0.05, 0.1) is 35.4 Å². The highest BCUT2D eigenvalue weighted by atomic mass is 19.4. The maximum Gasteiger partial charge on any atom is 0.416 e. The third-order valence-corrected chi connectivity index (χ3v) is 6.56. The predicted molar refractivity (Wildman–Crippen MR) is 119 cm³/mol. The molecule has 1 spiro atoms. The van der Waals surface area contributed by atoms with Crippen molar-refractivity contribution in [2.24, 2.45) is 10.8 Å². The number of hydrogen-bond donors (Lipinski definition) is 0. The van der Waals surface area contributed by atoms with Crippen molar-refractivity contribution in [2.75, 3.05) is 11.5 Å². The third-order valence-electron chi connectivity index (χ3n) is 6.56. The van der Waals surface area contributed by atoms with Crippen LogP contribution in [0, 0.1) is 33.5 Å². The van der Waals surface area contributed by atoms with Gasteiger partial charge < -0.3 is 4.74 Å². The number of carbonyl (C=O) groups is 3. The first-order chi connectivity index (χ1) is 17.1. The second-order valence-electron chi connectivity index (χ2n) is 8.43. The number of nitriles is 2. The number of halogens is 3. The number of amides is 2. The SMILES string of the molecule is CCOC(=O)C1=C(c2ccccc2)C(C#N)(C#N)C2(CC(=O)N(c3ccc(C(F)(F)F)cc3)C2=O)C1. The lowest BCUT2D eigenvalue weighted by molar-refractivity contribution is -0.139. The summed E-state index contributed by atoms with van der Waals surface area (Å²) >= 11 is 0. The number of alkyl halides is 3. The summed E-state index contributed by atoms with van der Waals surface area (Å²) in [6.07, 6.45) is -5.63. The molecule has 1 aliphatic heterocycles. The van der Waals surface area contributed by atoms with E-state index in [2.05, 4.69) is 0 Å². The summed E-state index contributed by atoms with van der Waals surface area (Å²) in [7, 11) is 0. The van der Waals surface area contributed by atoms with Crippen LogP contribution in [0.15, 0.2) is 60.2 Å². The molecule has 2 aliphatic rings. The number of carbonyl (C=O) groups excluding carboxylic acids is 3. The molecule has 2 aromatic carbocycles. The zero-order chi connectivity index (χ0) is 26.3. The van der Waals surface area contributed by atoms with E-state index in [0.717, 1.165) is 24.3 Å². The Labute approximate surface area is 204 Å². The van der Waals surface area contributed by atoms with E-state index in [4.69, 9.17) is 4.74 Å². The Morgan fingerprint density at radius 3 is 2.17 bits per heavy atom. The average Bonchev–Trinajstić information content (AvgIpc) is 3.29. The fraction of sp³-hybridized carbons (Fsp3) is 0.269. The molecule has 1 atom stereocenters. The van der Waals surface area contributed by atoms with E-state index >= 15 is 0 Å². The number of benzene rings is 2. The molecule has 1 aliphatic carbocycles. The number of hydrogen-bond acceptors (Lipinski definition) is 6. The Balaban J connectivity index is 1.88. The van der Waals surface area contributed by atoms with Crippen LogP contribution < -0.4 is 4.90 Å². The Morgan fingerprint density at radius 1 is 1.03 bits per heavy atom. The summed E-state index contributed by atoms with van der Waals surface area (Å²) in [6.45, 7) is 1.57. The highest BCUT2D eigenvalue weighted by Crippen LogP contribution is 2.64. The molecule has 10 heteroatoms. The standard InChI is InChI=1S/C26H18F3N3O4/c1-2-36-22(34)19-12-24(25(14-30,15-31)21(19)16-6-4-3-5-7-16)13-20(33)32(23(24)35)18-10-8-17(9-11-18)26(27,28)29/h3-11H,2,12-13H2,1H3. The van der Waals surface area contributed by atoms with Gasteiger partial charge in [-0.05, 0) is 43.2 Å². The van der Waals surface area contributed by atoms with Crippen molar-refractivity contribution in [3.63, 3.8) is 0 Å². The molecule has 0 N–H and O–H groups in total. The molecular formula is C26H18F3N3O4. The second-order valence-corrected chi connectivity index (χ2v) is 8.43. The minimum Gasteiger partial charge on any atom is -0.463 e. The molecule has 2 aromatic rings. The van der Waals surface area contributed by atoms with Crippen molar-refractivity contribution in [3.8, 4) is 12.1 Å². The van der Waals surface area contributed by atoms with Gasteiger partial charge in [0.2, 0.25) is 11.8 Å². The number of imide groups is 1. The molecule has 1 saturated heterocycles. The van der Waals surface area contributed by atoms with E-state index in [0.29, 0.717) is 10.5 Å². The molecule has 0 saturated carbocycles. The summed E-state index contributed by atoms with van der Waals surface area (Å²) in [6, 6.07) is 15.3. The lowest BCUT2D eigenvalue weighted by Gasteiger charge is -2.32. The van der Waals surface area contributed by atoms with Crippen molar-refractivity contribution in [1.29, 1.82) is 10.5 Å². The Hall–Kier alpha value is -4.44. The van der Waals surface area contributed by atoms with Gasteiger partial charge in [-0.2, -0.15) is 23.7 Å². The quantitative estimate of drug-likeness (QED) is 0.461. The monoisotopic (exact) mass is 493 g/mol. The van der Waals surface area contributed by atoms with Crippen molar-refractivity contribution in [1.82, 2.24) is 0 Å². The summed E-state index contributed by atoms with van der Waals surface area (Å²) in [4.78, 5) is 40.6. The molecule has 2 amide bonds. The maximum absolute atomic E-state index is 13.9. The molecule has 0 aromatic heterocycles. The first-order valence-electron chi connectivity index (χ1n) is 10.9. The van der Waals surface area contributed by atoms with Crippen LogP contribution in [0.25, 0.3) is 5.57 Å². The molecule has 0 radical (unpaired) electrons. The number of nitrogens with zero attached hydrogens (tertiary/aromatic N) is 3. The molecule has 182 valence electrons. The Kier molecular flexibility index (Phi) is 5.93. The van der Waals surface area contributed by atoms with Crippen molar-refractivity contribution < 1.29 is 32.3 Å². The van der Waals surface area contributed by atoms with Gasteiger partial charge in [-0.15, -0.1) is 0 Å². The van der Waals surface area contributed by atoms with Crippen LogP contribution in [0.1, 0.15) is 30.9 Å². The van der Waals surface area contributed by atoms with E-state index in [1.165, 1.54) is 0 Å². The first-order valence-corrected chi connectivity index (χ1v) is 10.9. The van der Waals surface area contributed by atoms with Crippen LogP contribution >= 0.6 is 0 Å². The Bertz CT molecular complexity index is 1350. The van der Waals surface area contributed by atoms with E-state index in [9.17, 15) is 38.1 Å². The predicted octanol–water partition coefficient (Wildman–Crippen LogP) is 4.41. The van der Waals surface area contributed by atoms with Crippen LogP contribution in [0.2, 0.25) is 0 Å². The van der Waals surface area contributed by atoms with E-state index < -0.39 is 53.2 Å². The molecule has 1 heterocycles. The van der Waals surface area contributed by atoms with Crippen LogP contribution in [0.3, 0.4) is 0 Å².